The Morgan fingerprint density at radius 3 is 2.53 bits per heavy atom. The summed E-state index contributed by atoms with van der Waals surface area (Å²) >= 11 is 11.9. The van der Waals surface area contributed by atoms with E-state index in [4.69, 9.17) is 27.9 Å². The van der Waals surface area contributed by atoms with Crippen LogP contribution in [0.4, 0.5) is 10.1 Å². The Hall–Kier alpha value is -1.45. The van der Waals surface area contributed by atoms with Gasteiger partial charge >= 0.3 is 0 Å². The Labute approximate surface area is 121 Å². The molecule has 0 amide bonds. The fraction of sp³-hybridized carbons (Fsp3) is 0.143. The lowest BCUT2D eigenvalue weighted by molar-refractivity contribution is 0.333. The van der Waals surface area contributed by atoms with Crippen molar-refractivity contribution in [1.29, 1.82) is 0 Å². The lowest BCUT2D eigenvalue weighted by atomic mass is 10.3. The number of hydrogen-bond acceptors (Lipinski definition) is 2. The highest BCUT2D eigenvalue weighted by molar-refractivity contribution is 6.42. The molecule has 1 N–H and O–H groups in total. The average Bonchev–Trinajstić information content (AvgIpc) is 2.41. The molecule has 100 valence electrons. The van der Waals surface area contributed by atoms with Crippen molar-refractivity contribution < 1.29 is 9.13 Å². The van der Waals surface area contributed by atoms with Crippen molar-refractivity contribution >= 4 is 28.9 Å². The summed E-state index contributed by atoms with van der Waals surface area (Å²) in [5.41, 5.74) is 0.835. The summed E-state index contributed by atoms with van der Waals surface area (Å²) in [6.07, 6.45) is 0. The molecule has 19 heavy (non-hydrogen) atoms. The minimum absolute atomic E-state index is 0.257. The minimum atomic E-state index is -0.257. The third-order valence-electron chi connectivity index (χ3n) is 2.45. The van der Waals surface area contributed by atoms with Gasteiger partial charge in [0.2, 0.25) is 0 Å². The van der Waals surface area contributed by atoms with Crippen LogP contribution in [0.15, 0.2) is 42.5 Å². The molecular formula is C14H12Cl2FNO. The molecule has 2 aromatic carbocycles. The second-order valence-corrected chi connectivity index (χ2v) is 4.62. The molecule has 0 aliphatic heterocycles. The summed E-state index contributed by atoms with van der Waals surface area (Å²) in [4.78, 5) is 0. The highest BCUT2D eigenvalue weighted by Gasteiger charge is 2.04. The zero-order valence-corrected chi connectivity index (χ0v) is 11.5. The first-order valence-corrected chi connectivity index (χ1v) is 6.48. The van der Waals surface area contributed by atoms with Crippen LogP contribution in [0, 0.1) is 5.82 Å². The number of halogens is 3. The van der Waals surface area contributed by atoms with E-state index >= 15 is 0 Å². The van der Waals surface area contributed by atoms with E-state index in [9.17, 15) is 4.39 Å². The van der Waals surface area contributed by atoms with Gasteiger partial charge in [0.1, 0.15) is 23.2 Å². The van der Waals surface area contributed by atoms with Gasteiger partial charge in [-0.3, -0.25) is 0 Å². The van der Waals surface area contributed by atoms with Crippen LogP contribution in [0.3, 0.4) is 0 Å². The first-order chi connectivity index (χ1) is 9.16. The highest BCUT2D eigenvalue weighted by atomic mass is 35.5. The van der Waals surface area contributed by atoms with Gasteiger partial charge in [-0.15, -0.1) is 0 Å². The SMILES string of the molecule is Fc1ccc(NCCOc2cccc(Cl)c2Cl)cc1. The van der Waals surface area contributed by atoms with Crippen molar-refractivity contribution in [3.8, 4) is 5.75 Å². The van der Waals surface area contributed by atoms with Gasteiger partial charge in [-0.1, -0.05) is 29.3 Å². The van der Waals surface area contributed by atoms with E-state index in [1.807, 2.05) is 0 Å². The van der Waals surface area contributed by atoms with Crippen molar-refractivity contribution in [1.82, 2.24) is 0 Å². The Morgan fingerprint density at radius 1 is 1.05 bits per heavy atom. The molecule has 0 saturated carbocycles. The van der Waals surface area contributed by atoms with Gasteiger partial charge in [0.15, 0.2) is 0 Å². The van der Waals surface area contributed by atoms with E-state index in [1.54, 1.807) is 30.3 Å². The summed E-state index contributed by atoms with van der Waals surface area (Å²) < 4.78 is 18.2. The molecule has 0 atom stereocenters. The maximum absolute atomic E-state index is 12.7. The zero-order valence-electron chi connectivity index (χ0n) is 10.00. The molecular weight excluding hydrogens is 288 g/mol. The smallest absolute Gasteiger partial charge is 0.139 e. The molecule has 0 unspecified atom stereocenters. The predicted molar refractivity (Wildman–Crippen MR) is 76.8 cm³/mol. The molecule has 2 rings (SSSR count). The average molecular weight is 300 g/mol. The second kappa shape index (κ2) is 6.64. The maximum Gasteiger partial charge on any atom is 0.139 e. The van der Waals surface area contributed by atoms with E-state index in [0.717, 1.165) is 5.69 Å². The monoisotopic (exact) mass is 299 g/mol. The molecule has 0 bridgehead atoms. The Morgan fingerprint density at radius 2 is 1.79 bits per heavy atom. The lowest BCUT2D eigenvalue weighted by Crippen LogP contribution is -2.11. The predicted octanol–water partition coefficient (Wildman–Crippen LogP) is 4.62. The number of benzene rings is 2. The molecule has 0 heterocycles. The van der Waals surface area contributed by atoms with E-state index in [1.165, 1.54) is 12.1 Å². The van der Waals surface area contributed by atoms with Gasteiger partial charge in [0.05, 0.1) is 5.02 Å². The highest BCUT2D eigenvalue weighted by Crippen LogP contribution is 2.31. The molecule has 0 saturated heterocycles. The van der Waals surface area contributed by atoms with E-state index < -0.39 is 0 Å². The van der Waals surface area contributed by atoms with Gasteiger partial charge in [-0.05, 0) is 36.4 Å². The van der Waals surface area contributed by atoms with Gasteiger partial charge < -0.3 is 10.1 Å². The molecule has 0 aliphatic carbocycles. The van der Waals surface area contributed by atoms with Crippen molar-refractivity contribution in [2.45, 2.75) is 0 Å². The first kappa shape index (κ1) is 14.0. The third kappa shape index (κ3) is 4.01. The Kier molecular flexibility index (Phi) is 4.88. The van der Waals surface area contributed by atoms with Crippen LogP contribution in [0.2, 0.25) is 10.0 Å². The molecule has 2 nitrogen and oxygen atoms in total. The molecule has 0 aromatic heterocycles. The molecule has 2 aromatic rings. The largest absolute Gasteiger partial charge is 0.490 e. The van der Waals surface area contributed by atoms with Gasteiger partial charge in [-0.25, -0.2) is 4.39 Å². The number of anilines is 1. The normalized spacial score (nSPS) is 10.3. The quantitative estimate of drug-likeness (QED) is 0.813. The summed E-state index contributed by atoms with van der Waals surface area (Å²) in [5.74, 6) is 0.294. The molecule has 0 radical (unpaired) electrons. The number of rotatable bonds is 5. The van der Waals surface area contributed by atoms with E-state index in [2.05, 4.69) is 5.32 Å². The van der Waals surface area contributed by atoms with Gasteiger partial charge in [-0.2, -0.15) is 0 Å². The summed E-state index contributed by atoms with van der Waals surface area (Å²) in [6.45, 7) is 1.01. The number of nitrogens with one attached hydrogen (secondary N) is 1. The van der Waals surface area contributed by atoms with E-state index in [0.29, 0.717) is 28.9 Å². The molecule has 0 aliphatic rings. The number of ether oxygens (including phenoxy) is 1. The van der Waals surface area contributed by atoms with Crippen LogP contribution >= 0.6 is 23.2 Å². The van der Waals surface area contributed by atoms with Crippen molar-refractivity contribution in [2.24, 2.45) is 0 Å². The summed E-state index contributed by atoms with van der Waals surface area (Å²) in [5, 5.41) is 3.98. The van der Waals surface area contributed by atoms with Crippen LogP contribution < -0.4 is 10.1 Å². The van der Waals surface area contributed by atoms with Crippen LogP contribution in [0.1, 0.15) is 0 Å². The van der Waals surface area contributed by atoms with Crippen LogP contribution in [-0.4, -0.2) is 13.2 Å². The fourth-order valence-electron chi connectivity index (χ4n) is 1.52. The Balaban J connectivity index is 1.81. The summed E-state index contributed by atoms with van der Waals surface area (Å²) in [7, 11) is 0. The minimum Gasteiger partial charge on any atom is -0.490 e. The first-order valence-electron chi connectivity index (χ1n) is 5.73. The zero-order chi connectivity index (χ0) is 13.7. The fourth-order valence-corrected chi connectivity index (χ4v) is 1.87. The van der Waals surface area contributed by atoms with E-state index in [-0.39, 0.29) is 5.82 Å². The maximum atomic E-state index is 12.7. The summed E-state index contributed by atoms with van der Waals surface area (Å²) in [6, 6.07) is 11.4. The molecule has 0 fully saturated rings. The molecule has 5 heteroatoms. The van der Waals surface area contributed by atoms with Gasteiger partial charge in [0, 0.05) is 12.2 Å². The van der Waals surface area contributed by atoms with Crippen LogP contribution in [0.5, 0.6) is 5.75 Å². The van der Waals surface area contributed by atoms with Crippen molar-refractivity contribution in [3.63, 3.8) is 0 Å². The standard InChI is InChI=1S/C14H12Cl2FNO/c15-12-2-1-3-13(14(12)16)19-9-8-18-11-6-4-10(17)5-7-11/h1-7,18H,8-9H2. The van der Waals surface area contributed by atoms with Gasteiger partial charge in [0.25, 0.3) is 0 Å². The van der Waals surface area contributed by atoms with Crippen LogP contribution in [0.25, 0.3) is 0 Å². The molecule has 0 spiro atoms. The topological polar surface area (TPSA) is 21.3 Å². The second-order valence-electron chi connectivity index (χ2n) is 3.83. The Bertz CT molecular complexity index is 546. The van der Waals surface area contributed by atoms with Crippen molar-refractivity contribution in [2.75, 3.05) is 18.5 Å². The third-order valence-corrected chi connectivity index (χ3v) is 3.25. The van der Waals surface area contributed by atoms with Crippen molar-refractivity contribution in [3.05, 3.63) is 58.3 Å². The van der Waals surface area contributed by atoms with Crippen LogP contribution in [-0.2, 0) is 0 Å². The lowest BCUT2D eigenvalue weighted by Gasteiger charge is -2.10. The number of hydrogen-bond donors (Lipinski definition) is 1.